The standard InChI is InChI=1S/C17H19FN4O4/c1-10(17(2,3)26-15(25)14(23)24)20-16-19-9-8-13(22-16)21-12-6-4-11(18)5-7-12/h4-10H,1-3H3,(H,23,24)(H2,19,20,21,22)/t10-/m0/s1. The van der Waals surface area contributed by atoms with Gasteiger partial charge in [0.15, 0.2) is 0 Å². The van der Waals surface area contributed by atoms with Crippen molar-refractivity contribution in [1.29, 1.82) is 0 Å². The van der Waals surface area contributed by atoms with E-state index in [2.05, 4.69) is 20.6 Å². The van der Waals surface area contributed by atoms with Crippen LogP contribution in [0.25, 0.3) is 0 Å². The maximum Gasteiger partial charge on any atom is 0.417 e. The van der Waals surface area contributed by atoms with E-state index in [1.54, 1.807) is 39.0 Å². The van der Waals surface area contributed by atoms with E-state index in [4.69, 9.17) is 9.84 Å². The summed E-state index contributed by atoms with van der Waals surface area (Å²) in [6.07, 6.45) is 1.52. The number of benzene rings is 1. The molecule has 0 fully saturated rings. The summed E-state index contributed by atoms with van der Waals surface area (Å²) >= 11 is 0. The van der Waals surface area contributed by atoms with Gasteiger partial charge in [0, 0.05) is 11.9 Å². The number of anilines is 3. The first-order chi connectivity index (χ1) is 12.2. The largest absolute Gasteiger partial charge is 0.473 e. The number of carboxylic acids is 1. The Hall–Kier alpha value is -3.23. The highest BCUT2D eigenvalue weighted by Gasteiger charge is 2.33. The maximum atomic E-state index is 12.9. The second-order valence-electron chi connectivity index (χ2n) is 6.06. The van der Waals surface area contributed by atoms with Crippen molar-refractivity contribution in [2.24, 2.45) is 0 Å². The Morgan fingerprint density at radius 3 is 2.50 bits per heavy atom. The molecule has 26 heavy (non-hydrogen) atoms. The third-order valence-electron chi connectivity index (χ3n) is 3.69. The molecular formula is C17H19FN4O4. The molecule has 8 nitrogen and oxygen atoms in total. The number of carbonyl (C=O) groups excluding carboxylic acids is 1. The second-order valence-corrected chi connectivity index (χ2v) is 6.06. The van der Waals surface area contributed by atoms with Crippen molar-refractivity contribution in [2.45, 2.75) is 32.4 Å². The summed E-state index contributed by atoms with van der Waals surface area (Å²) in [7, 11) is 0. The molecule has 0 aliphatic heterocycles. The monoisotopic (exact) mass is 362 g/mol. The summed E-state index contributed by atoms with van der Waals surface area (Å²) in [6, 6.07) is 6.94. The Bertz CT molecular complexity index is 796. The van der Waals surface area contributed by atoms with Crippen LogP contribution in [0.3, 0.4) is 0 Å². The van der Waals surface area contributed by atoms with Crippen molar-refractivity contribution >= 4 is 29.4 Å². The van der Waals surface area contributed by atoms with E-state index in [-0.39, 0.29) is 11.8 Å². The van der Waals surface area contributed by atoms with Crippen LogP contribution in [-0.4, -0.2) is 38.7 Å². The number of halogens is 1. The first-order valence-electron chi connectivity index (χ1n) is 7.76. The number of nitrogens with one attached hydrogen (secondary N) is 2. The number of esters is 1. The van der Waals surface area contributed by atoms with Crippen LogP contribution in [0.5, 0.6) is 0 Å². The number of carboxylic acid groups (broad SMARTS) is 1. The van der Waals surface area contributed by atoms with Gasteiger partial charge in [-0.05, 0) is 51.1 Å². The SMILES string of the molecule is C[C@H](Nc1nccc(Nc2ccc(F)cc2)n1)C(C)(C)OC(=O)C(=O)O. The molecule has 138 valence electrons. The van der Waals surface area contributed by atoms with E-state index in [9.17, 15) is 14.0 Å². The number of carbonyl (C=O) groups is 2. The zero-order valence-electron chi connectivity index (χ0n) is 14.5. The molecule has 0 saturated carbocycles. The Labute approximate surface area is 149 Å². The smallest absolute Gasteiger partial charge is 0.417 e. The fourth-order valence-electron chi connectivity index (χ4n) is 1.92. The van der Waals surface area contributed by atoms with Gasteiger partial charge in [-0.1, -0.05) is 0 Å². The molecule has 0 amide bonds. The van der Waals surface area contributed by atoms with E-state index < -0.39 is 23.6 Å². The summed E-state index contributed by atoms with van der Waals surface area (Å²) in [5.74, 6) is -2.61. The van der Waals surface area contributed by atoms with Crippen LogP contribution in [0.4, 0.5) is 21.8 Å². The van der Waals surface area contributed by atoms with E-state index in [1.807, 2.05) is 0 Å². The molecule has 0 saturated heterocycles. The van der Waals surface area contributed by atoms with Gasteiger partial charge in [0.1, 0.15) is 17.2 Å². The highest BCUT2D eigenvalue weighted by atomic mass is 19.1. The Kier molecular flexibility index (Phi) is 5.71. The van der Waals surface area contributed by atoms with Crippen LogP contribution >= 0.6 is 0 Å². The average Bonchev–Trinajstić information content (AvgIpc) is 2.57. The fraction of sp³-hybridized carbons (Fsp3) is 0.294. The third-order valence-corrected chi connectivity index (χ3v) is 3.69. The average molecular weight is 362 g/mol. The van der Waals surface area contributed by atoms with E-state index in [0.717, 1.165) is 0 Å². The van der Waals surface area contributed by atoms with E-state index in [1.165, 1.54) is 18.3 Å². The molecule has 1 aromatic carbocycles. The minimum atomic E-state index is -1.66. The number of nitrogens with zero attached hydrogens (tertiary/aromatic N) is 2. The molecule has 1 aromatic heterocycles. The van der Waals surface area contributed by atoms with Crippen molar-refractivity contribution in [3.63, 3.8) is 0 Å². The molecule has 0 aliphatic carbocycles. The maximum absolute atomic E-state index is 12.9. The van der Waals surface area contributed by atoms with Gasteiger partial charge in [0.25, 0.3) is 0 Å². The summed E-state index contributed by atoms with van der Waals surface area (Å²) in [4.78, 5) is 30.3. The summed E-state index contributed by atoms with van der Waals surface area (Å²) in [6.45, 7) is 4.86. The molecule has 2 rings (SSSR count). The Morgan fingerprint density at radius 1 is 1.23 bits per heavy atom. The third kappa shape index (κ3) is 5.13. The van der Waals surface area contributed by atoms with Crippen molar-refractivity contribution in [1.82, 2.24) is 9.97 Å². The predicted molar refractivity (Wildman–Crippen MR) is 92.6 cm³/mol. The molecule has 0 unspecified atom stereocenters. The summed E-state index contributed by atoms with van der Waals surface area (Å²) in [5.41, 5.74) is -0.459. The van der Waals surface area contributed by atoms with Crippen molar-refractivity contribution in [3.8, 4) is 0 Å². The molecule has 1 heterocycles. The topological polar surface area (TPSA) is 113 Å². The van der Waals surface area contributed by atoms with Crippen molar-refractivity contribution in [3.05, 3.63) is 42.3 Å². The molecule has 2 aromatic rings. The van der Waals surface area contributed by atoms with Gasteiger partial charge in [-0.15, -0.1) is 0 Å². The van der Waals surface area contributed by atoms with Gasteiger partial charge >= 0.3 is 11.9 Å². The van der Waals surface area contributed by atoms with Gasteiger partial charge in [-0.3, -0.25) is 0 Å². The van der Waals surface area contributed by atoms with Crippen LogP contribution < -0.4 is 10.6 Å². The molecule has 0 bridgehead atoms. The number of rotatable bonds is 6. The molecule has 0 spiro atoms. The number of hydrogen-bond donors (Lipinski definition) is 3. The Balaban J connectivity index is 2.06. The highest BCUT2D eigenvalue weighted by Crippen LogP contribution is 2.20. The zero-order valence-corrected chi connectivity index (χ0v) is 14.5. The van der Waals surface area contributed by atoms with Gasteiger partial charge in [-0.2, -0.15) is 4.98 Å². The van der Waals surface area contributed by atoms with Crippen LogP contribution in [-0.2, 0) is 14.3 Å². The number of aromatic nitrogens is 2. The highest BCUT2D eigenvalue weighted by molar-refractivity contribution is 6.28. The quantitative estimate of drug-likeness (QED) is 0.531. The summed E-state index contributed by atoms with van der Waals surface area (Å²) in [5, 5.41) is 14.6. The lowest BCUT2D eigenvalue weighted by Crippen LogP contribution is -2.45. The molecule has 1 atom stereocenters. The number of ether oxygens (including phenoxy) is 1. The minimum absolute atomic E-state index is 0.254. The Morgan fingerprint density at radius 2 is 1.88 bits per heavy atom. The predicted octanol–water partition coefficient (Wildman–Crippen LogP) is 2.57. The first kappa shape index (κ1) is 19.1. The van der Waals surface area contributed by atoms with Gasteiger partial charge in [0.2, 0.25) is 5.95 Å². The lowest BCUT2D eigenvalue weighted by Gasteiger charge is -2.31. The zero-order chi connectivity index (χ0) is 19.3. The number of hydrogen-bond acceptors (Lipinski definition) is 7. The van der Waals surface area contributed by atoms with Gasteiger partial charge < -0.3 is 20.5 Å². The fourth-order valence-corrected chi connectivity index (χ4v) is 1.92. The molecule has 0 aliphatic rings. The molecule has 0 radical (unpaired) electrons. The van der Waals surface area contributed by atoms with Gasteiger partial charge in [0.05, 0.1) is 6.04 Å². The first-order valence-corrected chi connectivity index (χ1v) is 7.76. The lowest BCUT2D eigenvalue weighted by molar-refractivity contribution is -0.173. The lowest BCUT2D eigenvalue weighted by atomic mass is 10.0. The van der Waals surface area contributed by atoms with Crippen LogP contribution in [0, 0.1) is 5.82 Å². The summed E-state index contributed by atoms with van der Waals surface area (Å²) < 4.78 is 17.9. The van der Waals surface area contributed by atoms with Gasteiger partial charge in [-0.25, -0.2) is 19.0 Å². The number of aliphatic carboxylic acids is 1. The van der Waals surface area contributed by atoms with E-state index >= 15 is 0 Å². The normalized spacial score (nSPS) is 12.2. The van der Waals surface area contributed by atoms with Crippen LogP contribution in [0.15, 0.2) is 36.5 Å². The minimum Gasteiger partial charge on any atom is -0.473 e. The van der Waals surface area contributed by atoms with Crippen molar-refractivity contribution < 1.29 is 23.8 Å². The molecule has 9 heteroatoms. The van der Waals surface area contributed by atoms with Crippen molar-refractivity contribution in [2.75, 3.05) is 10.6 Å². The molecular weight excluding hydrogens is 343 g/mol. The van der Waals surface area contributed by atoms with E-state index in [0.29, 0.717) is 11.5 Å². The van der Waals surface area contributed by atoms with Crippen LogP contribution in [0.2, 0.25) is 0 Å². The molecule has 3 N–H and O–H groups in total. The second kappa shape index (κ2) is 7.77. The van der Waals surface area contributed by atoms with Crippen LogP contribution in [0.1, 0.15) is 20.8 Å².